The lowest BCUT2D eigenvalue weighted by Gasteiger charge is -2.27. The number of carbonyl (C=O) groups is 2. The molecule has 3 N–H and O–H groups in total. The molecule has 3 fully saturated rings. The molecule has 3 amide bonds. The lowest BCUT2D eigenvalue weighted by Crippen LogP contribution is -2.48. The maximum atomic E-state index is 13.0. The monoisotopic (exact) mass is 433 g/mol. The number of fused-ring (bicyclic) bond motifs is 1. The van der Waals surface area contributed by atoms with Crippen molar-refractivity contribution in [1.29, 1.82) is 0 Å². The maximum Gasteiger partial charge on any atom is 0.329 e. The van der Waals surface area contributed by atoms with Crippen molar-refractivity contribution in [2.24, 2.45) is 0 Å². The third-order valence-corrected chi connectivity index (χ3v) is 6.47. The van der Waals surface area contributed by atoms with Crippen LogP contribution in [0, 0.1) is 0 Å². The Kier molecular flexibility index (Phi) is 4.37. The molecule has 1 spiro atoms. The number of carbonyl (C=O) groups excluding carboxylic acids is 2. The van der Waals surface area contributed by atoms with Gasteiger partial charge in [0.1, 0.15) is 23.3 Å². The number of amides is 3. The Hall–Kier alpha value is -3.50. The average molecular weight is 433 g/mol. The molecule has 1 unspecified atom stereocenters. The summed E-state index contributed by atoms with van der Waals surface area (Å²) in [6.07, 6.45) is 2.18. The molecule has 0 saturated carbocycles. The number of ether oxygens (including phenoxy) is 1. The van der Waals surface area contributed by atoms with Crippen LogP contribution in [0.4, 0.5) is 16.3 Å². The minimum absolute atomic E-state index is 0.198. The van der Waals surface area contributed by atoms with Crippen molar-refractivity contribution in [2.75, 3.05) is 49.2 Å². The van der Waals surface area contributed by atoms with Gasteiger partial charge in [0.05, 0.1) is 24.3 Å². The molecule has 0 aliphatic carbocycles. The predicted molar refractivity (Wildman–Crippen MR) is 119 cm³/mol. The number of hydrogen-bond acceptors (Lipinski definition) is 7. The number of imide groups is 1. The zero-order chi connectivity index (χ0) is 21.7. The predicted octanol–water partition coefficient (Wildman–Crippen LogP) is 1.25. The van der Waals surface area contributed by atoms with Gasteiger partial charge in [-0.3, -0.25) is 4.79 Å². The maximum absolute atomic E-state index is 13.0. The number of hydrogen-bond donors (Lipinski definition) is 3. The van der Waals surface area contributed by atoms with E-state index in [4.69, 9.17) is 4.74 Å². The Morgan fingerprint density at radius 3 is 2.62 bits per heavy atom. The van der Waals surface area contributed by atoms with Crippen LogP contribution in [0.5, 0.6) is 0 Å². The Labute approximate surface area is 184 Å². The van der Waals surface area contributed by atoms with Crippen LogP contribution in [0.25, 0.3) is 22.3 Å². The number of morpholine rings is 1. The second kappa shape index (κ2) is 7.28. The van der Waals surface area contributed by atoms with Gasteiger partial charge in [-0.05, 0) is 36.7 Å². The van der Waals surface area contributed by atoms with E-state index in [1.807, 2.05) is 18.2 Å². The number of rotatable bonds is 3. The molecule has 3 aliphatic rings. The van der Waals surface area contributed by atoms with Gasteiger partial charge in [0, 0.05) is 25.3 Å². The Morgan fingerprint density at radius 2 is 1.88 bits per heavy atom. The van der Waals surface area contributed by atoms with Crippen molar-refractivity contribution < 1.29 is 14.3 Å². The fourth-order valence-electron chi connectivity index (χ4n) is 4.74. The fourth-order valence-corrected chi connectivity index (χ4v) is 4.74. The molecular weight excluding hydrogens is 410 g/mol. The number of urea groups is 1. The van der Waals surface area contributed by atoms with Crippen LogP contribution in [0.3, 0.4) is 0 Å². The van der Waals surface area contributed by atoms with E-state index >= 15 is 0 Å². The van der Waals surface area contributed by atoms with E-state index in [9.17, 15) is 9.59 Å². The van der Waals surface area contributed by atoms with Gasteiger partial charge in [0.25, 0.3) is 5.91 Å². The largest absolute Gasteiger partial charge is 0.378 e. The van der Waals surface area contributed by atoms with Crippen molar-refractivity contribution in [3.8, 4) is 11.3 Å². The number of nitrogens with zero attached hydrogens (tertiary/aromatic N) is 4. The number of aromatic amines is 1. The molecule has 5 heterocycles. The molecule has 6 rings (SSSR count). The van der Waals surface area contributed by atoms with Crippen LogP contribution in [0.2, 0.25) is 0 Å². The summed E-state index contributed by atoms with van der Waals surface area (Å²) >= 11 is 0. The Morgan fingerprint density at radius 1 is 1.06 bits per heavy atom. The summed E-state index contributed by atoms with van der Waals surface area (Å²) < 4.78 is 5.45. The van der Waals surface area contributed by atoms with Crippen molar-refractivity contribution in [1.82, 2.24) is 25.6 Å². The van der Waals surface area contributed by atoms with Crippen molar-refractivity contribution in [3.05, 3.63) is 36.7 Å². The van der Waals surface area contributed by atoms with Gasteiger partial charge < -0.3 is 25.3 Å². The number of H-pyrrole nitrogens is 1. The van der Waals surface area contributed by atoms with Gasteiger partial charge >= 0.3 is 6.03 Å². The zero-order valence-electron chi connectivity index (χ0n) is 17.4. The summed E-state index contributed by atoms with van der Waals surface area (Å²) in [4.78, 5) is 41.2. The van der Waals surface area contributed by atoms with E-state index in [0.29, 0.717) is 38.4 Å². The summed E-state index contributed by atoms with van der Waals surface area (Å²) in [6, 6.07) is 9.08. The first-order valence-electron chi connectivity index (χ1n) is 10.8. The van der Waals surface area contributed by atoms with Crippen LogP contribution in [-0.2, 0) is 9.53 Å². The highest BCUT2D eigenvalue weighted by Gasteiger charge is 2.53. The van der Waals surface area contributed by atoms with Crippen LogP contribution in [-0.4, -0.2) is 71.8 Å². The minimum Gasteiger partial charge on any atom is -0.378 e. The second-order valence-electron chi connectivity index (χ2n) is 8.37. The van der Waals surface area contributed by atoms with Gasteiger partial charge in [-0.15, -0.1) is 0 Å². The normalized spacial score (nSPS) is 23.5. The van der Waals surface area contributed by atoms with Crippen LogP contribution < -0.4 is 20.4 Å². The smallest absolute Gasteiger partial charge is 0.329 e. The van der Waals surface area contributed by atoms with E-state index in [1.165, 1.54) is 4.90 Å². The standard InChI is InChI=1S/C22H23N7O3/c30-20-22(5-6-23-12-22)27-21(31)29(20)15-3-1-14(2-4-15)17-11-16-18(26-17)24-13-25-19(16)28-7-9-32-10-8-28/h1-4,11,13,23H,5-10,12H2,(H,27,31)(H,24,25,26). The third-order valence-electron chi connectivity index (χ3n) is 6.47. The molecule has 3 aliphatic heterocycles. The highest BCUT2D eigenvalue weighted by molar-refractivity contribution is 6.23. The molecule has 0 radical (unpaired) electrons. The summed E-state index contributed by atoms with van der Waals surface area (Å²) in [6.45, 7) is 4.14. The van der Waals surface area contributed by atoms with E-state index in [1.54, 1.807) is 18.5 Å². The number of benzene rings is 1. The highest BCUT2D eigenvalue weighted by atomic mass is 16.5. The Balaban J connectivity index is 1.30. The van der Waals surface area contributed by atoms with Crippen LogP contribution >= 0.6 is 0 Å². The summed E-state index contributed by atoms with van der Waals surface area (Å²) in [5.74, 6) is 0.698. The molecule has 3 saturated heterocycles. The molecule has 10 heteroatoms. The summed E-state index contributed by atoms with van der Waals surface area (Å²) in [5.41, 5.74) is 2.34. The van der Waals surface area contributed by atoms with E-state index < -0.39 is 5.54 Å². The first-order chi connectivity index (χ1) is 15.6. The summed E-state index contributed by atoms with van der Waals surface area (Å²) in [7, 11) is 0. The van der Waals surface area contributed by atoms with E-state index in [0.717, 1.165) is 41.2 Å². The molecular formula is C22H23N7O3. The summed E-state index contributed by atoms with van der Waals surface area (Å²) in [5, 5.41) is 6.99. The van der Waals surface area contributed by atoms with Gasteiger partial charge in [0.15, 0.2) is 0 Å². The first kappa shape index (κ1) is 19.2. The van der Waals surface area contributed by atoms with Gasteiger partial charge in [-0.25, -0.2) is 19.7 Å². The molecule has 0 bridgehead atoms. The molecule has 32 heavy (non-hydrogen) atoms. The molecule has 1 aromatic carbocycles. The number of aromatic nitrogens is 3. The number of nitrogens with one attached hydrogen (secondary N) is 3. The van der Waals surface area contributed by atoms with Crippen molar-refractivity contribution in [2.45, 2.75) is 12.0 Å². The highest BCUT2D eigenvalue weighted by Crippen LogP contribution is 2.32. The molecule has 3 aromatic rings. The first-order valence-corrected chi connectivity index (χ1v) is 10.8. The topological polar surface area (TPSA) is 115 Å². The quantitative estimate of drug-likeness (QED) is 0.533. The molecule has 2 aromatic heterocycles. The van der Waals surface area contributed by atoms with Gasteiger partial charge in [-0.1, -0.05) is 12.1 Å². The second-order valence-corrected chi connectivity index (χ2v) is 8.37. The molecule has 164 valence electrons. The minimum atomic E-state index is -0.818. The van der Waals surface area contributed by atoms with Crippen LogP contribution in [0.1, 0.15) is 6.42 Å². The SMILES string of the molecule is O=C1NC2(CCNC2)C(=O)N1c1ccc(-c2cc3c(N4CCOCC4)ncnc3[nH]2)cc1. The van der Waals surface area contributed by atoms with Crippen molar-refractivity contribution in [3.63, 3.8) is 0 Å². The average Bonchev–Trinajstić information content (AvgIpc) is 3.53. The third kappa shape index (κ3) is 2.94. The van der Waals surface area contributed by atoms with Crippen molar-refractivity contribution >= 4 is 34.5 Å². The Bertz CT molecular complexity index is 1190. The van der Waals surface area contributed by atoms with Gasteiger partial charge in [0.2, 0.25) is 0 Å². The number of anilines is 2. The lowest BCUT2D eigenvalue weighted by atomic mass is 9.99. The van der Waals surface area contributed by atoms with E-state index in [-0.39, 0.29) is 11.9 Å². The molecule has 1 atom stereocenters. The van der Waals surface area contributed by atoms with E-state index in [2.05, 4.69) is 30.5 Å². The lowest BCUT2D eigenvalue weighted by molar-refractivity contribution is -0.121. The zero-order valence-corrected chi connectivity index (χ0v) is 17.4. The molecule has 10 nitrogen and oxygen atoms in total. The van der Waals surface area contributed by atoms with Crippen LogP contribution in [0.15, 0.2) is 36.7 Å². The fraction of sp³-hybridized carbons (Fsp3) is 0.364. The van der Waals surface area contributed by atoms with Gasteiger partial charge in [-0.2, -0.15) is 0 Å².